The first kappa shape index (κ1) is 16.9. The smallest absolute Gasteiger partial charge is 0.216 e. The van der Waals surface area contributed by atoms with Gasteiger partial charge in [0.05, 0.1) is 19.3 Å². The van der Waals surface area contributed by atoms with Gasteiger partial charge in [-0.15, -0.1) is 0 Å². The molecule has 3 N–H and O–H groups in total. The first-order chi connectivity index (χ1) is 9.58. The lowest BCUT2D eigenvalue weighted by Gasteiger charge is -2.12. The molecule has 0 aromatic heterocycles. The Kier molecular flexibility index (Phi) is 8.22. The molecule has 0 saturated carbocycles. The summed E-state index contributed by atoms with van der Waals surface area (Å²) in [4.78, 5) is 10.6. The Bertz CT molecular complexity index is 398. The van der Waals surface area contributed by atoms with Crippen LogP contribution in [0.1, 0.15) is 12.5 Å². The van der Waals surface area contributed by atoms with E-state index in [9.17, 15) is 9.90 Å². The maximum absolute atomic E-state index is 10.6. The van der Waals surface area contributed by atoms with E-state index >= 15 is 0 Å². The van der Waals surface area contributed by atoms with E-state index in [1.165, 1.54) is 6.92 Å². The lowest BCUT2D eigenvalue weighted by Crippen LogP contribution is -2.35. The molecule has 0 heterocycles. The zero-order chi connectivity index (χ0) is 14.8. The average Bonchev–Trinajstić information content (AvgIpc) is 2.40. The third-order valence-corrected chi connectivity index (χ3v) is 2.80. The van der Waals surface area contributed by atoms with Gasteiger partial charge < -0.3 is 20.5 Å². The number of carbonyl (C=O) groups is 1. The summed E-state index contributed by atoms with van der Waals surface area (Å²) in [5.74, 6) is -0.0568. The van der Waals surface area contributed by atoms with E-state index in [-0.39, 0.29) is 12.5 Å². The number of carbonyl (C=O) groups excluding carboxylic acids is 1. The fourth-order valence-electron chi connectivity index (χ4n) is 1.55. The second-order valence-electron chi connectivity index (χ2n) is 4.48. The molecule has 1 amide bonds. The maximum atomic E-state index is 10.6. The van der Waals surface area contributed by atoms with Crippen LogP contribution in [0.2, 0.25) is 5.02 Å². The minimum Gasteiger partial charge on any atom is -0.389 e. The molecule has 0 aliphatic heterocycles. The van der Waals surface area contributed by atoms with Crippen LogP contribution in [0.25, 0.3) is 0 Å². The molecular formula is C14H21ClN2O3. The lowest BCUT2D eigenvalue weighted by molar-refractivity contribution is -0.118. The van der Waals surface area contributed by atoms with Crippen molar-refractivity contribution in [1.29, 1.82) is 0 Å². The molecule has 1 rings (SSSR count). The normalized spacial score (nSPS) is 12.2. The highest BCUT2D eigenvalue weighted by Gasteiger charge is 2.04. The number of benzene rings is 1. The van der Waals surface area contributed by atoms with Gasteiger partial charge in [0.15, 0.2) is 0 Å². The number of aliphatic hydroxyl groups excluding tert-OH is 1. The van der Waals surface area contributed by atoms with E-state index in [2.05, 4.69) is 10.6 Å². The van der Waals surface area contributed by atoms with Crippen molar-refractivity contribution in [3.05, 3.63) is 34.9 Å². The molecule has 1 atom stereocenters. The van der Waals surface area contributed by atoms with Gasteiger partial charge in [-0.2, -0.15) is 0 Å². The summed E-state index contributed by atoms with van der Waals surface area (Å²) in [5, 5.41) is 16.1. The van der Waals surface area contributed by atoms with Crippen LogP contribution in [0.4, 0.5) is 0 Å². The molecule has 1 aromatic rings. The highest BCUT2D eigenvalue weighted by molar-refractivity contribution is 6.30. The Morgan fingerprint density at radius 1 is 1.35 bits per heavy atom. The van der Waals surface area contributed by atoms with Gasteiger partial charge in [0.1, 0.15) is 0 Å². The molecule has 1 unspecified atom stereocenters. The summed E-state index contributed by atoms with van der Waals surface area (Å²) in [6.45, 7) is 3.77. The number of rotatable bonds is 9. The number of amides is 1. The highest BCUT2D eigenvalue weighted by atomic mass is 35.5. The summed E-state index contributed by atoms with van der Waals surface area (Å²) < 4.78 is 5.41. The molecule has 5 nitrogen and oxygen atoms in total. The number of ether oxygens (including phenoxy) is 1. The monoisotopic (exact) mass is 300 g/mol. The maximum Gasteiger partial charge on any atom is 0.216 e. The van der Waals surface area contributed by atoms with Crippen molar-refractivity contribution in [2.24, 2.45) is 0 Å². The van der Waals surface area contributed by atoms with Crippen LogP contribution in [0, 0.1) is 0 Å². The summed E-state index contributed by atoms with van der Waals surface area (Å²) in [5.41, 5.74) is 1.01. The standard InChI is InChI=1S/C14H21ClN2O3/c1-11(18)17-7-6-16-8-14(19)10-20-9-12-2-4-13(15)5-3-12/h2-5,14,16,19H,6-10H2,1H3,(H,17,18). The van der Waals surface area contributed by atoms with Crippen molar-refractivity contribution < 1.29 is 14.6 Å². The van der Waals surface area contributed by atoms with E-state index in [0.717, 1.165) is 5.56 Å². The molecule has 0 fully saturated rings. The van der Waals surface area contributed by atoms with Crippen molar-refractivity contribution in [3.63, 3.8) is 0 Å². The van der Waals surface area contributed by atoms with Crippen LogP contribution in [-0.4, -0.2) is 43.4 Å². The van der Waals surface area contributed by atoms with Crippen LogP contribution in [0.5, 0.6) is 0 Å². The van der Waals surface area contributed by atoms with Gasteiger partial charge in [-0.1, -0.05) is 23.7 Å². The summed E-state index contributed by atoms with van der Waals surface area (Å²) in [7, 11) is 0. The van der Waals surface area contributed by atoms with Crippen LogP contribution in [0.15, 0.2) is 24.3 Å². The highest BCUT2D eigenvalue weighted by Crippen LogP contribution is 2.10. The number of hydrogen-bond acceptors (Lipinski definition) is 4. The predicted octanol–water partition coefficient (Wildman–Crippen LogP) is 0.943. The Balaban J connectivity index is 2.03. The van der Waals surface area contributed by atoms with E-state index in [1.54, 1.807) is 12.1 Å². The molecule has 0 aliphatic carbocycles. The van der Waals surface area contributed by atoms with Gasteiger partial charge in [-0.05, 0) is 17.7 Å². The fourth-order valence-corrected chi connectivity index (χ4v) is 1.67. The van der Waals surface area contributed by atoms with Gasteiger partial charge in [-0.3, -0.25) is 4.79 Å². The largest absolute Gasteiger partial charge is 0.389 e. The second kappa shape index (κ2) is 9.72. The van der Waals surface area contributed by atoms with Crippen molar-refractivity contribution in [2.75, 3.05) is 26.2 Å². The van der Waals surface area contributed by atoms with Crippen molar-refractivity contribution in [2.45, 2.75) is 19.6 Å². The molecule has 0 radical (unpaired) electrons. The van der Waals surface area contributed by atoms with E-state index in [1.807, 2.05) is 12.1 Å². The Morgan fingerprint density at radius 2 is 2.05 bits per heavy atom. The Hall–Kier alpha value is -1.14. The molecule has 1 aromatic carbocycles. The minimum absolute atomic E-state index is 0.0568. The zero-order valence-corrected chi connectivity index (χ0v) is 12.3. The van der Waals surface area contributed by atoms with E-state index in [4.69, 9.17) is 16.3 Å². The van der Waals surface area contributed by atoms with Crippen molar-refractivity contribution in [1.82, 2.24) is 10.6 Å². The minimum atomic E-state index is -0.570. The van der Waals surface area contributed by atoms with Gasteiger partial charge >= 0.3 is 0 Å². The van der Waals surface area contributed by atoms with Gasteiger partial charge in [0.2, 0.25) is 5.91 Å². The van der Waals surface area contributed by atoms with E-state index in [0.29, 0.717) is 31.3 Å². The lowest BCUT2D eigenvalue weighted by atomic mass is 10.2. The van der Waals surface area contributed by atoms with Gasteiger partial charge in [0, 0.05) is 31.6 Å². The molecule has 0 bridgehead atoms. The number of nitrogens with one attached hydrogen (secondary N) is 2. The Morgan fingerprint density at radius 3 is 2.70 bits per heavy atom. The molecule has 6 heteroatoms. The number of hydrogen-bond donors (Lipinski definition) is 3. The second-order valence-corrected chi connectivity index (χ2v) is 4.92. The van der Waals surface area contributed by atoms with Gasteiger partial charge in [0.25, 0.3) is 0 Å². The molecule has 0 spiro atoms. The number of aliphatic hydroxyl groups is 1. The molecule has 0 aliphatic rings. The fraction of sp³-hybridized carbons (Fsp3) is 0.500. The number of halogens is 1. The molecular weight excluding hydrogens is 280 g/mol. The molecule has 20 heavy (non-hydrogen) atoms. The average molecular weight is 301 g/mol. The van der Waals surface area contributed by atoms with Gasteiger partial charge in [-0.25, -0.2) is 0 Å². The van der Waals surface area contributed by atoms with Crippen LogP contribution in [0.3, 0.4) is 0 Å². The summed E-state index contributed by atoms with van der Waals surface area (Å²) in [6.07, 6.45) is -0.570. The predicted molar refractivity (Wildman–Crippen MR) is 78.7 cm³/mol. The van der Waals surface area contributed by atoms with Crippen LogP contribution >= 0.6 is 11.6 Å². The molecule has 0 saturated heterocycles. The van der Waals surface area contributed by atoms with Crippen molar-refractivity contribution in [3.8, 4) is 0 Å². The van der Waals surface area contributed by atoms with Crippen LogP contribution < -0.4 is 10.6 Å². The third-order valence-electron chi connectivity index (χ3n) is 2.55. The summed E-state index contributed by atoms with van der Waals surface area (Å²) >= 11 is 5.78. The SMILES string of the molecule is CC(=O)NCCNCC(O)COCc1ccc(Cl)cc1. The first-order valence-corrected chi connectivity index (χ1v) is 6.91. The Labute approximate surface area is 124 Å². The van der Waals surface area contributed by atoms with E-state index < -0.39 is 6.10 Å². The first-order valence-electron chi connectivity index (χ1n) is 6.53. The third kappa shape index (κ3) is 8.12. The summed E-state index contributed by atoms with van der Waals surface area (Å²) in [6, 6.07) is 7.39. The molecule has 112 valence electrons. The topological polar surface area (TPSA) is 70.6 Å². The zero-order valence-electron chi connectivity index (χ0n) is 11.6. The van der Waals surface area contributed by atoms with Crippen molar-refractivity contribution >= 4 is 17.5 Å². The van der Waals surface area contributed by atoms with Crippen LogP contribution in [-0.2, 0) is 16.1 Å². The quantitative estimate of drug-likeness (QED) is 0.594.